The van der Waals surface area contributed by atoms with E-state index in [0.29, 0.717) is 12.3 Å². The summed E-state index contributed by atoms with van der Waals surface area (Å²) in [5.41, 5.74) is 10.2. The molecule has 0 aromatic heterocycles. The van der Waals surface area contributed by atoms with E-state index in [1.807, 2.05) is 0 Å². The Morgan fingerprint density at radius 2 is 1.77 bits per heavy atom. The van der Waals surface area contributed by atoms with Crippen LogP contribution in [0.5, 0.6) is 0 Å². The molecule has 0 bridgehead atoms. The third kappa shape index (κ3) is 1.64. The van der Waals surface area contributed by atoms with Gasteiger partial charge in [0.25, 0.3) is 0 Å². The fourth-order valence-electron chi connectivity index (χ4n) is 6.17. The van der Waals surface area contributed by atoms with Crippen LogP contribution in [0.2, 0.25) is 0 Å². The summed E-state index contributed by atoms with van der Waals surface area (Å²) < 4.78 is 0. The van der Waals surface area contributed by atoms with Crippen LogP contribution >= 0.6 is 0 Å². The molecule has 0 unspecified atom stereocenters. The van der Waals surface area contributed by atoms with E-state index in [-0.39, 0.29) is 11.3 Å². The number of hydrogen-bond acceptors (Lipinski definition) is 3. The van der Waals surface area contributed by atoms with E-state index in [1.54, 1.807) is 5.57 Å². The van der Waals surface area contributed by atoms with Crippen LogP contribution in [0, 0.1) is 22.7 Å². The molecule has 3 fully saturated rings. The summed E-state index contributed by atoms with van der Waals surface area (Å²) >= 11 is 0. The van der Waals surface area contributed by atoms with E-state index in [1.165, 1.54) is 31.3 Å². The lowest BCUT2D eigenvalue weighted by Crippen LogP contribution is -2.51. The highest BCUT2D eigenvalue weighted by Gasteiger charge is 2.62. The number of rotatable bonds is 0. The number of nitrogens with two attached hydrogens (primary N) is 1. The van der Waals surface area contributed by atoms with Crippen molar-refractivity contribution in [3.63, 3.8) is 0 Å². The Morgan fingerprint density at radius 3 is 2.55 bits per heavy atom. The van der Waals surface area contributed by atoms with Crippen LogP contribution in [-0.4, -0.2) is 16.0 Å². The first kappa shape index (κ1) is 14.8. The highest BCUT2D eigenvalue weighted by Crippen LogP contribution is 2.65. The fourth-order valence-corrected chi connectivity index (χ4v) is 6.17. The van der Waals surface area contributed by atoms with Crippen molar-refractivity contribution in [2.75, 3.05) is 0 Å². The topological polar surface area (TPSA) is 66.5 Å². The first-order valence-electron chi connectivity index (χ1n) is 8.95. The predicted molar refractivity (Wildman–Crippen MR) is 86.6 cm³/mol. The van der Waals surface area contributed by atoms with Crippen LogP contribution in [0.25, 0.3) is 0 Å². The second-order valence-corrected chi connectivity index (χ2v) is 8.62. The molecule has 0 aromatic carbocycles. The molecule has 22 heavy (non-hydrogen) atoms. The molecule has 0 aliphatic heterocycles. The minimum Gasteiger partial charge on any atom is -0.399 e. The van der Waals surface area contributed by atoms with Crippen LogP contribution in [0.15, 0.2) is 22.9 Å². The number of hydrogen-bond donors (Lipinski definition) is 3. The van der Waals surface area contributed by atoms with Crippen LogP contribution in [0.3, 0.4) is 0 Å². The first-order valence-corrected chi connectivity index (χ1v) is 8.95. The second kappa shape index (κ2) is 4.39. The van der Waals surface area contributed by atoms with Gasteiger partial charge in [0.2, 0.25) is 0 Å². The smallest absolute Gasteiger partial charge is 0.168 e. The lowest BCUT2D eigenvalue weighted by Gasteiger charge is -2.55. The highest BCUT2D eigenvalue weighted by molar-refractivity contribution is 5.43. The predicted octanol–water partition coefficient (Wildman–Crippen LogP) is 3.23. The molecular weight excluding hydrogens is 274 g/mol. The average Bonchev–Trinajstić information content (AvgIpc) is 2.70. The zero-order valence-electron chi connectivity index (χ0n) is 13.9. The summed E-state index contributed by atoms with van der Waals surface area (Å²) in [6.07, 6.45) is 10.6. The van der Waals surface area contributed by atoms with E-state index in [4.69, 9.17) is 5.73 Å². The van der Waals surface area contributed by atoms with Crippen LogP contribution in [0.1, 0.15) is 65.2 Å². The number of fused-ring (bicyclic) bond motifs is 5. The summed E-state index contributed by atoms with van der Waals surface area (Å²) in [4.78, 5) is 0. The van der Waals surface area contributed by atoms with Crippen molar-refractivity contribution in [1.29, 1.82) is 0 Å². The molecule has 4 atom stereocenters. The van der Waals surface area contributed by atoms with Crippen molar-refractivity contribution in [3.05, 3.63) is 22.9 Å². The third-order valence-electron chi connectivity index (χ3n) is 7.73. The minimum atomic E-state index is -1.53. The Hall–Kier alpha value is -0.800. The average molecular weight is 303 g/mol. The summed E-state index contributed by atoms with van der Waals surface area (Å²) in [6, 6.07) is 0. The van der Waals surface area contributed by atoms with E-state index in [2.05, 4.69) is 19.9 Å². The van der Waals surface area contributed by atoms with Gasteiger partial charge in [-0.2, -0.15) is 0 Å². The van der Waals surface area contributed by atoms with Gasteiger partial charge < -0.3 is 15.9 Å². The lowest BCUT2D eigenvalue weighted by atomic mass is 9.50. The molecule has 0 radical (unpaired) electrons. The van der Waals surface area contributed by atoms with E-state index in [9.17, 15) is 10.2 Å². The molecule has 0 saturated heterocycles. The minimum absolute atomic E-state index is 0.234. The van der Waals surface area contributed by atoms with Gasteiger partial charge in [-0.3, -0.25) is 0 Å². The summed E-state index contributed by atoms with van der Waals surface area (Å²) in [6.45, 7) is 4.49. The number of aliphatic hydroxyl groups is 2. The largest absolute Gasteiger partial charge is 0.399 e. The standard InChI is InChI=1S/C19H29NO2/c1-17-8-4-3-5-12(17)11-15(20)16-13(17)6-9-18(2)14(16)7-10-19(18,21)22/h11,13-14,21-22H,3-10,20H2,1-2H3/t13-,14+,17+,18+/m1/s1. The van der Waals surface area contributed by atoms with Gasteiger partial charge in [0, 0.05) is 17.5 Å². The molecule has 0 aromatic rings. The van der Waals surface area contributed by atoms with Crippen molar-refractivity contribution in [2.24, 2.45) is 28.4 Å². The van der Waals surface area contributed by atoms with Gasteiger partial charge in [0.1, 0.15) is 0 Å². The van der Waals surface area contributed by atoms with Gasteiger partial charge in [-0.05, 0) is 67.4 Å². The molecule has 0 amide bonds. The fraction of sp³-hybridized carbons (Fsp3) is 0.789. The molecule has 4 rings (SSSR count). The van der Waals surface area contributed by atoms with Gasteiger partial charge in [0.05, 0.1) is 0 Å². The maximum atomic E-state index is 10.5. The van der Waals surface area contributed by atoms with E-state index in [0.717, 1.165) is 25.0 Å². The molecule has 3 nitrogen and oxygen atoms in total. The van der Waals surface area contributed by atoms with Gasteiger partial charge in [-0.1, -0.05) is 25.8 Å². The lowest BCUT2D eigenvalue weighted by molar-refractivity contribution is -0.234. The van der Waals surface area contributed by atoms with E-state index < -0.39 is 11.2 Å². The van der Waals surface area contributed by atoms with Gasteiger partial charge in [-0.15, -0.1) is 0 Å². The van der Waals surface area contributed by atoms with Crippen molar-refractivity contribution < 1.29 is 10.2 Å². The SMILES string of the molecule is C[C@]12CCCCC1=CC(N)=C1[C@H]2CC[C@@]2(C)[C@H]1CCC2(O)O. The molecular formula is C19H29NO2. The monoisotopic (exact) mass is 303 g/mol. The van der Waals surface area contributed by atoms with Crippen molar-refractivity contribution in [2.45, 2.75) is 71.0 Å². The Balaban J connectivity index is 1.83. The molecule has 4 aliphatic carbocycles. The zero-order valence-corrected chi connectivity index (χ0v) is 13.9. The molecule has 0 heterocycles. The Labute approximate surface area is 133 Å². The third-order valence-corrected chi connectivity index (χ3v) is 7.73. The quantitative estimate of drug-likeness (QED) is 0.602. The van der Waals surface area contributed by atoms with Crippen molar-refractivity contribution in [1.82, 2.24) is 0 Å². The van der Waals surface area contributed by atoms with Crippen molar-refractivity contribution >= 4 is 0 Å². The summed E-state index contributed by atoms with van der Waals surface area (Å²) in [5.74, 6) is -0.787. The van der Waals surface area contributed by atoms with Gasteiger partial charge in [-0.25, -0.2) is 0 Å². The molecule has 4 N–H and O–H groups in total. The van der Waals surface area contributed by atoms with Crippen molar-refractivity contribution in [3.8, 4) is 0 Å². The van der Waals surface area contributed by atoms with Crippen LogP contribution in [0.4, 0.5) is 0 Å². The van der Waals surface area contributed by atoms with Gasteiger partial charge >= 0.3 is 0 Å². The van der Waals surface area contributed by atoms with E-state index >= 15 is 0 Å². The first-order chi connectivity index (χ1) is 10.3. The van der Waals surface area contributed by atoms with Gasteiger partial charge in [0.15, 0.2) is 5.79 Å². The summed E-state index contributed by atoms with van der Waals surface area (Å²) in [5, 5.41) is 21.0. The van der Waals surface area contributed by atoms with Crippen LogP contribution in [-0.2, 0) is 0 Å². The Morgan fingerprint density at radius 1 is 1.05 bits per heavy atom. The molecule has 0 spiro atoms. The molecule has 3 heteroatoms. The van der Waals surface area contributed by atoms with Crippen LogP contribution < -0.4 is 5.73 Å². The summed E-state index contributed by atoms with van der Waals surface area (Å²) in [7, 11) is 0. The number of allylic oxidation sites excluding steroid dienone is 3. The molecule has 4 aliphatic rings. The Bertz CT molecular complexity index is 576. The molecule has 3 saturated carbocycles. The maximum Gasteiger partial charge on any atom is 0.168 e. The highest BCUT2D eigenvalue weighted by atomic mass is 16.5. The second-order valence-electron chi connectivity index (χ2n) is 8.62. The Kier molecular flexibility index (Phi) is 2.95. The zero-order chi connectivity index (χ0) is 15.8. The maximum absolute atomic E-state index is 10.5. The normalized spacial score (nSPS) is 46.6. The molecule has 122 valence electrons.